The smallest absolute Gasteiger partial charge is 0.151 e. The maximum absolute atomic E-state index is 11.0. The van der Waals surface area contributed by atoms with E-state index in [9.17, 15) is 8.42 Å². The van der Waals surface area contributed by atoms with E-state index in [2.05, 4.69) is 18.7 Å². The zero-order valence-corrected chi connectivity index (χ0v) is 8.39. The lowest BCUT2D eigenvalue weighted by atomic mass is 9.82. The van der Waals surface area contributed by atoms with Crippen molar-refractivity contribution in [1.82, 2.24) is 4.90 Å². The molecule has 70 valence electrons. The van der Waals surface area contributed by atoms with E-state index < -0.39 is 9.84 Å². The van der Waals surface area contributed by atoms with Crippen molar-refractivity contribution < 1.29 is 8.42 Å². The highest BCUT2D eigenvalue weighted by Crippen LogP contribution is 2.42. The molecule has 1 spiro atoms. The third-order valence-corrected chi connectivity index (χ3v) is 4.96. The molecule has 0 amide bonds. The van der Waals surface area contributed by atoms with Crippen molar-refractivity contribution in [3.63, 3.8) is 0 Å². The Balaban J connectivity index is 1.91. The summed E-state index contributed by atoms with van der Waals surface area (Å²) in [6.45, 7) is 6.29. The number of hydrogen-bond donors (Lipinski definition) is 0. The first kappa shape index (κ1) is 8.51. The predicted octanol–water partition coefficient (Wildman–Crippen LogP) is 0.125. The molecule has 0 aromatic carbocycles. The van der Waals surface area contributed by atoms with E-state index in [1.807, 2.05) is 0 Å². The normalized spacial score (nSPS) is 31.6. The maximum atomic E-state index is 11.0. The highest BCUT2D eigenvalue weighted by molar-refractivity contribution is 7.92. The molecular formula is C8H15NO2S. The minimum atomic E-state index is -2.63. The van der Waals surface area contributed by atoms with E-state index in [4.69, 9.17) is 0 Å². The Kier molecular flexibility index (Phi) is 1.58. The molecule has 2 rings (SSSR count). The van der Waals surface area contributed by atoms with Crippen molar-refractivity contribution >= 4 is 9.84 Å². The van der Waals surface area contributed by atoms with Crippen molar-refractivity contribution in [1.29, 1.82) is 0 Å². The number of nitrogens with zero attached hydrogens (tertiary/aromatic N) is 1. The lowest BCUT2D eigenvalue weighted by Crippen LogP contribution is -2.69. The zero-order valence-electron chi connectivity index (χ0n) is 7.58. The minimum absolute atomic E-state index is 0.170. The van der Waals surface area contributed by atoms with Crippen molar-refractivity contribution in [2.75, 3.05) is 24.6 Å². The van der Waals surface area contributed by atoms with Crippen LogP contribution in [0.4, 0.5) is 0 Å². The van der Waals surface area contributed by atoms with Gasteiger partial charge >= 0.3 is 0 Å². The number of sulfone groups is 1. The molecule has 0 bridgehead atoms. The summed E-state index contributed by atoms with van der Waals surface area (Å²) < 4.78 is 21.9. The largest absolute Gasteiger partial charge is 0.300 e. The fraction of sp³-hybridized carbons (Fsp3) is 1.00. The van der Waals surface area contributed by atoms with Crippen molar-refractivity contribution in [2.24, 2.45) is 5.41 Å². The Hall–Kier alpha value is -0.0900. The third-order valence-electron chi connectivity index (χ3n) is 2.86. The topological polar surface area (TPSA) is 37.4 Å². The van der Waals surface area contributed by atoms with Crippen LogP contribution < -0.4 is 0 Å². The third kappa shape index (κ3) is 1.17. The SMILES string of the molecule is CC(C)N1CC2(C1)CS(=O)(=O)C2. The van der Waals surface area contributed by atoms with E-state index in [1.165, 1.54) is 0 Å². The second kappa shape index (κ2) is 2.23. The van der Waals surface area contributed by atoms with Gasteiger partial charge in [0.25, 0.3) is 0 Å². The molecule has 2 aliphatic rings. The van der Waals surface area contributed by atoms with Crippen LogP contribution in [0.5, 0.6) is 0 Å². The van der Waals surface area contributed by atoms with Crippen LogP contribution in [0.25, 0.3) is 0 Å². The first-order valence-corrected chi connectivity index (χ1v) is 6.19. The van der Waals surface area contributed by atoms with E-state index in [0.717, 1.165) is 13.1 Å². The summed E-state index contributed by atoms with van der Waals surface area (Å²) in [6.07, 6.45) is 0. The molecule has 12 heavy (non-hydrogen) atoms. The van der Waals surface area contributed by atoms with Crippen LogP contribution in [0.15, 0.2) is 0 Å². The monoisotopic (exact) mass is 189 g/mol. The van der Waals surface area contributed by atoms with Gasteiger partial charge in [0.05, 0.1) is 11.5 Å². The van der Waals surface area contributed by atoms with Crippen molar-refractivity contribution in [2.45, 2.75) is 19.9 Å². The molecule has 0 N–H and O–H groups in total. The van der Waals surface area contributed by atoms with Gasteiger partial charge in [0, 0.05) is 24.5 Å². The Morgan fingerprint density at radius 1 is 1.25 bits per heavy atom. The second-order valence-electron chi connectivity index (χ2n) is 4.53. The number of likely N-dealkylation sites (tertiary alicyclic amines) is 1. The molecule has 4 heteroatoms. The first-order valence-electron chi connectivity index (χ1n) is 4.37. The van der Waals surface area contributed by atoms with Crippen molar-refractivity contribution in [3.05, 3.63) is 0 Å². The molecule has 0 atom stereocenters. The van der Waals surface area contributed by atoms with Crippen LogP contribution in [0, 0.1) is 5.41 Å². The highest BCUT2D eigenvalue weighted by Gasteiger charge is 2.55. The van der Waals surface area contributed by atoms with Gasteiger partial charge in [-0.2, -0.15) is 0 Å². The van der Waals surface area contributed by atoms with Crippen LogP contribution in [0.3, 0.4) is 0 Å². The molecule has 2 heterocycles. The molecule has 2 aliphatic heterocycles. The van der Waals surface area contributed by atoms with Gasteiger partial charge in [-0.05, 0) is 13.8 Å². The van der Waals surface area contributed by atoms with Crippen LogP contribution in [-0.2, 0) is 9.84 Å². The van der Waals surface area contributed by atoms with Crippen LogP contribution in [0.1, 0.15) is 13.8 Å². The van der Waals surface area contributed by atoms with Gasteiger partial charge in [0.1, 0.15) is 0 Å². The Morgan fingerprint density at radius 2 is 1.75 bits per heavy atom. The lowest BCUT2D eigenvalue weighted by molar-refractivity contribution is 0.000225. The molecule has 0 aromatic rings. The molecule has 2 fully saturated rings. The van der Waals surface area contributed by atoms with Gasteiger partial charge in [-0.15, -0.1) is 0 Å². The Morgan fingerprint density at radius 3 is 2.08 bits per heavy atom. The van der Waals surface area contributed by atoms with E-state index in [1.54, 1.807) is 0 Å². The molecule has 2 saturated heterocycles. The second-order valence-corrected chi connectivity index (χ2v) is 6.60. The van der Waals surface area contributed by atoms with Crippen LogP contribution in [0.2, 0.25) is 0 Å². The van der Waals surface area contributed by atoms with Gasteiger partial charge in [-0.3, -0.25) is 4.90 Å². The Bertz CT molecular complexity index is 274. The highest BCUT2D eigenvalue weighted by atomic mass is 32.2. The molecule has 3 nitrogen and oxygen atoms in total. The average molecular weight is 189 g/mol. The van der Waals surface area contributed by atoms with Gasteiger partial charge in [0.15, 0.2) is 9.84 Å². The summed E-state index contributed by atoms with van der Waals surface area (Å²) in [5.41, 5.74) is 0.170. The molecule has 0 aliphatic carbocycles. The van der Waals surface area contributed by atoms with E-state index in [-0.39, 0.29) is 5.41 Å². The fourth-order valence-corrected chi connectivity index (χ4v) is 4.40. The van der Waals surface area contributed by atoms with Gasteiger partial charge in [-0.1, -0.05) is 0 Å². The zero-order chi connectivity index (χ0) is 8.98. The minimum Gasteiger partial charge on any atom is -0.300 e. The summed E-state index contributed by atoms with van der Waals surface area (Å²) in [5, 5.41) is 0. The predicted molar refractivity (Wildman–Crippen MR) is 47.8 cm³/mol. The van der Waals surface area contributed by atoms with Gasteiger partial charge in [0.2, 0.25) is 0 Å². The van der Waals surface area contributed by atoms with E-state index in [0.29, 0.717) is 17.5 Å². The van der Waals surface area contributed by atoms with Crippen LogP contribution >= 0.6 is 0 Å². The molecule has 0 radical (unpaired) electrons. The van der Waals surface area contributed by atoms with Crippen molar-refractivity contribution in [3.8, 4) is 0 Å². The molecule has 0 saturated carbocycles. The summed E-state index contributed by atoms with van der Waals surface area (Å²) in [6, 6.07) is 0.568. The molecule has 0 unspecified atom stereocenters. The number of rotatable bonds is 1. The van der Waals surface area contributed by atoms with E-state index >= 15 is 0 Å². The maximum Gasteiger partial charge on any atom is 0.151 e. The quantitative estimate of drug-likeness (QED) is 0.588. The van der Waals surface area contributed by atoms with Gasteiger partial charge < -0.3 is 0 Å². The number of hydrogen-bond acceptors (Lipinski definition) is 3. The summed E-state index contributed by atoms with van der Waals surface area (Å²) in [7, 11) is -2.63. The average Bonchev–Trinajstić information content (AvgIpc) is 1.75. The van der Waals surface area contributed by atoms with Gasteiger partial charge in [-0.25, -0.2) is 8.42 Å². The lowest BCUT2D eigenvalue weighted by Gasteiger charge is -2.56. The molecule has 0 aromatic heterocycles. The standard InChI is InChI=1S/C8H15NO2S/c1-7(2)9-3-8(4-9)5-12(10,11)6-8/h7H,3-6H2,1-2H3. The van der Waals surface area contributed by atoms with Crippen LogP contribution in [-0.4, -0.2) is 44.0 Å². The summed E-state index contributed by atoms with van der Waals surface area (Å²) >= 11 is 0. The molecular weight excluding hydrogens is 174 g/mol. The Labute approximate surface area is 73.7 Å². The summed E-state index contributed by atoms with van der Waals surface area (Å²) in [5.74, 6) is 0.867. The first-order chi connectivity index (χ1) is 5.43. The fourth-order valence-electron chi connectivity index (χ4n) is 2.25. The summed E-state index contributed by atoms with van der Waals surface area (Å²) in [4.78, 5) is 2.33.